The highest BCUT2D eigenvalue weighted by Gasteiger charge is 2.21. The first-order valence-corrected chi connectivity index (χ1v) is 7.35. The molecule has 0 spiro atoms. The third-order valence-electron chi connectivity index (χ3n) is 4.21. The highest BCUT2D eigenvalue weighted by atomic mass is 15.1. The molecule has 2 nitrogen and oxygen atoms in total. The summed E-state index contributed by atoms with van der Waals surface area (Å²) in [6.45, 7) is 6.85. The van der Waals surface area contributed by atoms with Gasteiger partial charge in [-0.25, -0.2) is 0 Å². The normalized spacial score (nSPS) is 21.9. The molecule has 1 fully saturated rings. The van der Waals surface area contributed by atoms with Gasteiger partial charge in [0.25, 0.3) is 0 Å². The third kappa shape index (κ3) is 2.86. The predicted octanol–water partition coefficient (Wildman–Crippen LogP) is 3.72. The summed E-state index contributed by atoms with van der Waals surface area (Å²) < 4.78 is 0. The van der Waals surface area contributed by atoms with Crippen LogP contribution in [0.3, 0.4) is 0 Å². The molecule has 1 aliphatic heterocycles. The van der Waals surface area contributed by atoms with Gasteiger partial charge in [-0.15, -0.1) is 0 Å². The summed E-state index contributed by atoms with van der Waals surface area (Å²) in [4.78, 5) is 2.54. The Morgan fingerprint density at radius 3 is 2.83 bits per heavy atom. The molecule has 0 aromatic heterocycles. The number of para-hydroxylation sites is 1. The van der Waals surface area contributed by atoms with E-state index in [9.17, 15) is 0 Å². The summed E-state index contributed by atoms with van der Waals surface area (Å²) in [5.41, 5.74) is 8.92. The molecule has 2 rings (SSSR count). The fourth-order valence-corrected chi connectivity index (χ4v) is 2.93. The van der Waals surface area contributed by atoms with Crippen LogP contribution < -0.4 is 10.6 Å². The lowest BCUT2D eigenvalue weighted by atomic mass is 9.94. The fourth-order valence-electron chi connectivity index (χ4n) is 2.93. The number of nitrogens with two attached hydrogens (primary N) is 1. The van der Waals surface area contributed by atoms with E-state index in [2.05, 4.69) is 43.0 Å². The molecule has 0 saturated carbocycles. The van der Waals surface area contributed by atoms with Crippen molar-refractivity contribution in [3.63, 3.8) is 0 Å². The number of hydrogen-bond acceptors (Lipinski definition) is 2. The molecular weight excluding hydrogens is 220 g/mol. The highest BCUT2D eigenvalue weighted by molar-refractivity contribution is 5.55. The van der Waals surface area contributed by atoms with Crippen molar-refractivity contribution in [2.24, 2.45) is 11.7 Å². The van der Waals surface area contributed by atoms with Crippen molar-refractivity contribution in [3.8, 4) is 0 Å². The van der Waals surface area contributed by atoms with Crippen LogP contribution >= 0.6 is 0 Å². The molecule has 1 aromatic carbocycles. The number of hydrogen-bond donors (Lipinski definition) is 1. The summed E-state index contributed by atoms with van der Waals surface area (Å²) in [6.07, 6.45) is 4.99. The van der Waals surface area contributed by atoms with Crippen LogP contribution in [-0.2, 0) is 0 Å². The SMILES string of the molecule is CCC1CCCN(c2ccccc2C(N)CC)C1. The van der Waals surface area contributed by atoms with Gasteiger partial charge in [0.15, 0.2) is 0 Å². The van der Waals surface area contributed by atoms with Crippen molar-refractivity contribution >= 4 is 5.69 Å². The zero-order chi connectivity index (χ0) is 13.0. The van der Waals surface area contributed by atoms with E-state index in [1.807, 2.05) is 0 Å². The maximum Gasteiger partial charge on any atom is 0.0414 e. The summed E-state index contributed by atoms with van der Waals surface area (Å²) in [5.74, 6) is 0.852. The van der Waals surface area contributed by atoms with E-state index in [1.54, 1.807) is 0 Å². The molecule has 1 heterocycles. The average Bonchev–Trinajstić information content (AvgIpc) is 2.46. The number of rotatable bonds is 4. The van der Waals surface area contributed by atoms with Gasteiger partial charge < -0.3 is 10.6 Å². The monoisotopic (exact) mass is 246 g/mol. The van der Waals surface area contributed by atoms with Gasteiger partial charge >= 0.3 is 0 Å². The first kappa shape index (κ1) is 13.4. The van der Waals surface area contributed by atoms with Gasteiger partial charge in [0.2, 0.25) is 0 Å². The van der Waals surface area contributed by atoms with E-state index >= 15 is 0 Å². The Balaban J connectivity index is 2.21. The third-order valence-corrected chi connectivity index (χ3v) is 4.21. The zero-order valence-electron chi connectivity index (χ0n) is 11.7. The summed E-state index contributed by atoms with van der Waals surface area (Å²) in [6, 6.07) is 8.84. The van der Waals surface area contributed by atoms with Gasteiger partial charge in [-0.3, -0.25) is 0 Å². The number of nitrogens with zero attached hydrogens (tertiary/aromatic N) is 1. The molecule has 1 saturated heterocycles. The molecule has 1 aliphatic rings. The quantitative estimate of drug-likeness (QED) is 0.877. The molecule has 2 unspecified atom stereocenters. The lowest BCUT2D eigenvalue weighted by molar-refractivity contribution is 0.404. The molecule has 100 valence electrons. The second-order valence-corrected chi connectivity index (χ2v) is 5.44. The Morgan fingerprint density at radius 2 is 2.11 bits per heavy atom. The van der Waals surface area contributed by atoms with Crippen LogP contribution in [0.4, 0.5) is 5.69 Å². The largest absolute Gasteiger partial charge is 0.371 e. The van der Waals surface area contributed by atoms with E-state index in [0.717, 1.165) is 12.3 Å². The van der Waals surface area contributed by atoms with Gasteiger partial charge in [0, 0.05) is 24.8 Å². The van der Waals surface area contributed by atoms with Crippen LogP contribution in [0.2, 0.25) is 0 Å². The Kier molecular flexibility index (Phi) is 4.65. The number of benzene rings is 1. The lowest BCUT2D eigenvalue weighted by Gasteiger charge is -2.36. The van der Waals surface area contributed by atoms with E-state index in [-0.39, 0.29) is 6.04 Å². The minimum atomic E-state index is 0.170. The van der Waals surface area contributed by atoms with Crippen molar-refractivity contribution < 1.29 is 0 Å². The summed E-state index contributed by atoms with van der Waals surface area (Å²) >= 11 is 0. The van der Waals surface area contributed by atoms with Gasteiger partial charge in [-0.2, -0.15) is 0 Å². The second kappa shape index (κ2) is 6.24. The minimum Gasteiger partial charge on any atom is -0.371 e. The molecule has 2 atom stereocenters. The van der Waals surface area contributed by atoms with Crippen LogP contribution in [0.15, 0.2) is 24.3 Å². The summed E-state index contributed by atoms with van der Waals surface area (Å²) in [7, 11) is 0. The number of piperidine rings is 1. The van der Waals surface area contributed by atoms with Crippen molar-refractivity contribution in [1.29, 1.82) is 0 Å². The Morgan fingerprint density at radius 1 is 1.33 bits per heavy atom. The van der Waals surface area contributed by atoms with Crippen LogP contribution in [0, 0.1) is 5.92 Å². The average molecular weight is 246 g/mol. The zero-order valence-corrected chi connectivity index (χ0v) is 11.7. The van der Waals surface area contributed by atoms with Crippen LogP contribution in [0.5, 0.6) is 0 Å². The maximum atomic E-state index is 6.24. The molecule has 2 N–H and O–H groups in total. The molecule has 0 amide bonds. The van der Waals surface area contributed by atoms with Crippen molar-refractivity contribution in [1.82, 2.24) is 0 Å². The van der Waals surface area contributed by atoms with Crippen molar-refractivity contribution in [2.45, 2.75) is 45.6 Å². The number of anilines is 1. The van der Waals surface area contributed by atoms with E-state index < -0.39 is 0 Å². The van der Waals surface area contributed by atoms with E-state index in [0.29, 0.717) is 0 Å². The molecule has 0 radical (unpaired) electrons. The van der Waals surface area contributed by atoms with Gasteiger partial charge in [0.05, 0.1) is 0 Å². The smallest absolute Gasteiger partial charge is 0.0414 e. The van der Waals surface area contributed by atoms with E-state index in [1.165, 1.54) is 43.6 Å². The minimum absolute atomic E-state index is 0.170. The lowest BCUT2D eigenvalue weighted by Crippen LogP contribution is -2.36. The maximum absolute atomic E-state index is 6.24. The Labute approximate surface area is 111 Å². The van der Waals surface area contributed by atoms with Crippen LogP contribution in [0.1, 0.15) is 51.1 Å². The Bertz CT molecular complexity index is 375. The van der Waals surface area contributed by atoms with Crippen LogP contribution in [-0.4, -0.2) is 13.1 Å². The first-order chi connectivity index (χ1) is 8.76. The van der Waals surface area contributed by atoms with Gasteiger partial charge in [-0.1, -0.05) is 38.5 Å². The Hall–Kier alpha value is -1.02. The molecule has 18 heavy (non-hydrogen) atoms. The molecule has 0 aliphatic carbocycles. The van der Waals surface area contributed by atoms with Crippen molar-refractivity contribution in [3.05, 3.63) is 29.8 Å². The fraction of sp³-hybridized carbons (Fsp3) is 0.625. The van der Waals surface area contributed by atoms with Gasteiger partial charge in [-0.05, 0) is 36.8 Å². The van der Waals surface area contributed by atoms with Crippen molar-refractivity contribution in [2.75, 3.05) is 18.0 Å². The van der Waals surface area contributed by atoms with Crippen LogP contribution in [0.25, 0.3) is 0 Å². The van der Waals surface area contributed by atoms with Gasteiger partial charge in [0.1, 0.15) is 0 Å². The molecule has 0 bridgehead atoms. The van der Waals surface area contributed by atoms with E-state index in [4.69, 9.17) is 5.73 Å². The molecule has 2 heteroatoms. The molecular formula is C16H26N2. The predicted molar refractivity (Wildman–Crippen MR) is 78.9 cm³/mol. The molecule has 1 aromatic rings. The standard InChI is InChI=1S/C16H26N2/c1-3-13-8-7-11-18(12-13)16-10-6-5-9-14(16)15(17)4-2/h5-6,9-10,13,15H,3-4,7-8,11-12,17H2,1-2H3. The topological polar surface area (TPSA) is 29.3 Å². The highest BCUT2D eigenvalue weighted by Crippen LogP contribution is 2.30. The summed E-state index contributed by atoms with van der Waals surface area (Å²) in [5, 5.41) is 0. The first-order valence-electron chi connectivity index (χ1n) is 7.35. The second-order valence-electron chi connectivity index (χ2n) is 5.44.